The lowest BCUT2D eigenvalue weighted by Gasteiger charge is -2.15. The van der Waals surface area contributed by atoms with E-state index in [0.717, 1.165) is 25.2 Å². The van der Waals surface area contributed by atoms with Crippen LogP contribution in [0, 0.1) is 0 Å². The Morgan fingerprint density at radius 2 is 2.00 bits per heavy atom. The van der Waals surface area contributed by atoms with Gasteiger partial charge in [-0.3, -0.25) is 0 Å². The van der Waals surface area contributed by atoms with Crippen LogP contribution in [0.2, 0.25) is 0 Å². The second kappa shape index (κ2) is 6.19. The molecule has 0 spiro atoms. The largest absolute Gasteiger partial charge is 0.411 e. The minimum atomic E-state index is 0.773. The van der Waals surface area contributed by atoms with Gasteiger partial charge in [-0.05, 0) is 19.5 Å². The van der Waals surface area contributed by atoms with Crippen LogP contribution in [0.15, 0.2) is 35.5 Å². The molecule has 0 aliphatic heterocycles. The summed E-state index contributed by atoms with van der Waals surface area (Å²) in [6.07, 6.45) is 0.805. The molecular weight excluding hydrogens is 188 g/mol. The standard InChI is InChI=1S/C12H18N2O/c1-11(13-15)8-9-14(2)10-12-6-4-3-5-7-12/h3-7,15H,8-10H2,1-2H3/b13-11+. The summed E-state index contributed by atoms with van der Waals surface area (Å²) in [6.45, 7) is 3.67. The third kappa shape index (κ3) is 4.61. The number of hydrogen-bond acceptors (Lipinski definition) is 3. The van der Waals surface area contributed by atoms with Crippen molar-refractivity contribution in [2.75, 3.05) is 13.6 Å². The fourth-order valence-electron chi connectivity index (χ4n) is 1.38. The van der Waals surface area contributed by atoms with Crippen molar-refractivity contribution in [1.29, 1.82) is 0 Å². The molecule has 3 nitrogen and oxygen atoms in total. The predicted molar refractivity (Wildman–Crippen MR) is 62.3 cm³/mol. The average molecular weight is 206 g/mol. The molecule has 0 atom stereocenters. The minimum Gasteiger partial charge on any atom is -0.411 e. The summed E-state index contributed by atoms with van der Waals surface area (Å²) < 4.78 is 0. The lowest BCUT2D eigenvalue weighted by atomic mass is 10.2. The van der Waals surface area contributed by atoms with Gasteiger partial charge in [-0.25, -0.2) is 0 Å². The lowest BCUT2D eigenvalue weighted by Crippen LogP contribution is -2.20. The van der Waals surface area contributed by atoms with E-state index in [4.69, 9.17) is 5.21 Å². The van der Waals surface area contributed by atoms with Gasteiger partial charge in [-0.1, -0.05) is 35.5 Å². The van der Waals surface area contributed by atoms with Crippen molar-refractivity contribution in [3.8, 4) is 0 Å². The van der Waals surface area contributed by atoms with Crippen LogP contribution in [0.3, 0.4) is 0 Å². The first-order valence-electron chi connectivity index (χ1n) is 5.12. The van der Waals surface area contributed by atoms with Crippen molar-refractivity contribution in [1.82, 2.24) is 4.90 Å². The van der Waals surface area contributed by atoms with E-state index in [0.29, 0.717) is 0 Å². The molecule has 0 aliphatic carbocycles. The summed E-state index contributed by atoms with van der Waals surface area (Å²) in [4.78, 5) is 2.21. The zero-order chi connectivity index (χ0) is 11.1. The van der Waals surface area contributed by atoms with Crippen molar-refractivity contribution >= 4 is 5.71 Å². The molecular formula is C12H18N2O. The topological polar surface area (TPSA) is 35.8 Å². The van der Waals surface area contributed by atoms with Crippen molar-refractivity contribution < 1.29 is 5.21 Å². The molecule has 0 heterocycles. The van der Waals surface area contributed by atoms with E-state index in [9.17, 15) is 0 Å². The summed E-state index contributed by atoms with van der Waals surface area (Å²) in [6, 6.07) is 10.3. The van der Waals surface area contributed by atoms with Gasteiger partial charge in [0, 0.05) is 19.5 Å². The number of hydrogen-bond donors (Lipinski definition) is 1. The second-order valence-corrected chi connectivity index (χ2v) is 3.81. The first kappa shape index (κ1) is 11.7. The second-order valence-electron chi connectivity index (χ2n) is 3.81. The zero-order valence-electron chi connectivity index (χ0n) is 9.35. The summed E-state index contributed by atoms with van der Waals surface area (Å²) in [5, 5.41) is 11.7. The molecule has 1 N–H and O–H groups in total. The number of nitrogens with zero attached hydrogens (tertiary/aromatic N) is 2. The van der Waals surface area contributed by atoms with Crippen molar-refractivity contribution in [3.63, 3.8) is 0 Å². The van der Waals surface area contributed by atoms with Crippen LogP contribution in [0.4, 0.5) is 0 Å². The van der Waals surface area contributed by atoms with Gasteiger partial charge >= 0.3 is 0 Å². The summed E-state index contributed by atoms with van der Waals surface area (Å²) >= 11 is 0. The van der Waals surface area contributed by atoms with Crippen LogP contribution >= 0.6 is 0 Å². The molecule has 0 saturated carbocycles. The lowest BCUT2D eigenvalue weighted by molar-refractivity contribution is 0.310. The number of benzene rings is 1. The first-order valence-corrected chi connectivity index (χ1v) is 5.12. The number of rotatable bonds is 5. The molecule has 0 saturated heterocycles. The molecule has 82 valence electrons. The van der Waals surface area contributed by atoms with Crippen LogP contribution in [0.5, 0.6) is 0 Å². The van der Waals surface area contributed by atoms with Gasteiger partial charge in [-0.15, -0.1) is 0 Å². The highest BCUT2D eigenvalue weighted by Gasteiger charge is 2.00. The molecule has 0 radical (unpaired) electrons. The molecule has 0 amide bonds. The number of oxime groups is 1. The summed E-state index contributed by atoms with van der Waals surface area (Å²) in [5.74, 6) is 0. The van der Waals surface area contributed by atoms with Crippen molar-refractivity contribution in [3.05, 3.63) is 35.9 Å². The van der Waals surface area contributed by atoms with Gasteiger partial charge in [0.05, 0.1) is 5.71 Å². The highest BCUT2D eigenvalue weighted by Crippen LogP contribution is 2.03. The molecule has 0 aromatic heterocycles. The summed E-state index contributed by atoms with van der Waals surface area (Å²) in [7, 11) is 2.07. The Hall–Kier alpha value is -1.35. The first-order chi connectivity index (χ1) is 7.22. The van der Waals surface area contributed by atoms with E-state index < -0.39 is 0 Å². The maximum Gasteiger partial charge on any atom is 0.0552 e. The molecule has 15 heavy (non-hydrogen) atoms. The van der Waals surface area contributed by atoms with Crippen molar-refractivity contribution in [2.24, 2.45) is 5.16 Å². The SMILES string of the molecule is C/C(CCN(C)Cc1ccccc1)=N\O. The third-order valence-corrected chi connectivity index (χ3v) is 2.32. The van der Waals surface area contributed by atoms with Gasteiger partial charge < -0.3 is 10.1 Å². The molecule has 1 rings (SSSR count). The van der Waals surface area contributed by atoms with Crippen LogP contribution in [0.1, 0.15) is 18.9 Å². The Kier molecular flexibility index (Phi) is 4.84. The zero-order valence-corrected chi connectivity index (χ0v) is 9.35. The smallest absolute Gasteiger partial charge is 0.0552 e. The average Bonchev–Trinajstić information content (AvgIpc) is 2.27. The summed E-state index contributed by atoms with van der Waals surface area (Å²) in [5.41, 5.74) is 2.08. The minimum absolute atomic E-state index is 0.773. The van der Waals surface area contributed by atoms with E-state index in [-0.39, 0.29) is 0 Å². The molecule has 1 aromatic rings. The highest BCUT2D eigenvalue weighted by atomic mass is 16.4. The predicted octanol–water partition coefficient (Wildman–Crippen LogP) is 2.36. The monoisotopic (exact) mass is 206 g/mol. The van der Waals surface area contributed by atoms with Crippen LogP contribution in [0.25, 0.3) is 0 Å². The Labute approximate surface area is 91.0 Å². The molecule has 0 aliphatic rings. The van der Waals surface area contributed by atoms with E-state index in [2.05, 4.69) is 29.2 Å². The van der Waals surface area contributed by atoms with Gasteiger partial charge in [0.15, 0.2) is 0 Å². The Bertz CT molecular complexity index is 309. The van der Waals surface area contributed by atoms with E-state index in [1.54, 1.807) is 0 Å². The third-order valence-electron chi connectivity index (χ3n) is 2.32. The fraction of sp³-hybridized carbons (Fsp3) is 0.417. The normalized spacial score (nSPS) is 12.1. The van der Waals surface area contributed by atoms with Gasteiger partial charge in [0.1, 0.15) is 0 Å². The van der Waals surface area contributed by atoms with Crippen LogP contribution in [-0.4, -0.2) is 29.4 Å². The molecule has 3 heteroatoms. The molecule has 0 unspecified atom stereocenters. The van der Waals surface area contributed by atoms with E-state index in [1.807, 2.05) is 25.1 Å². The maximum absolute atomic E-state index is 8.51. The molecule has 0 fully saturated rings. The Balaban J connectivity index is 2.33. The molecule has 1 aromatic carbocycles. The fourth-order valence-corrected chi connectivity index (χ4v) is 1.38. The van der Waals surface area contributed by atoms with Crippen LogP contribution < -0.4 is 0 Å². The van der Waals surface area contributed by atoms with Gasteiger partial charge in [0.25, 0.3) is 0 Å². The van der Waals surface area contributed by atoms with Gasteiger partial charge in [-0.2, -0.15) is 0 Å². The Morgan fingerprint density at radius 1 is 1.33 bits per heavy atom. The van der Waals surface area contributed by atoms with E-state index >= 15 is 0 Å². The van der Waals surface area contributed by atoms with E-state index in [1.165, 1.54) is 5.56 Å². The highest BCUT2D eigenvalue weighted by molar-refractivity contribution is 5.81. The Morgan fingerprint density at radius 3 is 2.60 bits per heavy atom. The quantitative estimate of drug-likeness (QED) is 0.456. The maximum atomic E-state index is 8.51. The van der Waals surface area contributed by atoms with Crippen molar-refractivity contribution in [2.45, 2.75) is 19.9 Å². The van der Waals surface area contributed by atoms with Crippen LogP contribution in [-0.2, 0) is 6.54 Å². The molecule has 0 bridgehead atoms. The van der Waals surface area contributed by atoms with Gasteiger partial charge in [0.2, 0.25) is 0 Å².